The Kier molecular flexibility index (Phi) is 4.00. The second-order valence-electron chi connectivity index (χ2n) is 6.37. The van der Waals surface area contributed by atoms with Crippen molar-refractivity contribution in [3.05, 3.63) is 11.8 Å². The lowest BCUT2D eigenvalue weighted by atomic mass is 9.81. The molecule has 0 spiro atoms. The number of epoxide rings is 1. The largest absolute Gasteiger partial charge is 0.461 e. The number of hydrogen-bond acceptors (Lipinski definition) is 5. The molecule has 3 aliphatic rings. The summed E-state index contributed by atoms with van der Waals surface area (Å²) in [5.74, 6) is -0.173. The number of ether oxygens (including phenoxy) is 3. The van der Waals surface area contributed by atoms with Gasteiger partial charge in [-0.25, -0.2) is 4.79 Å². The number of amides is 2. The van der Waals surface area contributed by atoms with Crippen LogP contribution in [0.25, 0.3) is 0 Å². The number of carbonyl (C=O) groups excluding carboxylic acids is 2. The highest BCUT2D eigenvalue weighted by atomic mass is 16.7. The van der Waals surface area contributed by atoms with E-state index in [1.807, 2.05) is 20.8 Å². The zero-order chi connectivity index (χ0) is 16.8. The molecule has 2 aliphatic heterocycles. The molecular formula is C16H24N2O5. The summed E-state index contributed by atoms with van der Waals surface area (Å²) in [5.41, 5.74) is 0.277. The van der Waals surface area contributed by atoms with Crippen LogP contribution in [0.5, 0.6) is 0 Å². The number of carbonyl (C=O) groups is 2. The van der Waals surface area contributed by atoms with E-state index in [9.17, 15) is 9.59 Å². The first-order chi connectivity index (χ1) is 11.0. The third-order valence-corrected chi connectivity index (χ3v) is 5.29. The number of rotatable bonds is 4. The van der Waals surface area contributed by atoms with Crippen LogP contribution in [-0.4, -0.2) is 55.0 Å². The van der Waals surface area contributed by atoms with E-state index >= 15 is 0 Å². The van der Waals surface area contributed by atoms with Crippen LogP contribution in [0.3, 0.4) is 0 Å². The van der Waals surface area contributed by atoms with E-state index in [0.29, 0.717) is 18.7 Å². The molecule has 2 fully saturated rings. The van der Waals surface area contributed by atoms with E-state index in [2.05, 4.69) is 5.32 Å². The van der Waals surface area contributed by atoms with Crippen LogP contribution >= 0.6 is 0 Å². The summed E-state index contributed by atoms with van der Waals surface area (Å²) >= 11 is 0. The molecule has 1 saturated carbocycles. The van der Waals surface area contributed by atoms with E-state index in [0.717, 1.165) is 6.42 Å². The highest BCUT2D eigenvalue weighted by Gasteiger charge is 2.70. The molecule has 3 rings (SSSR count). The molecule has 2 amide bonds. The van der Waals surface area contributed by atoms with Crippen LogP contribution in [0.15, 0.2) is 11.8 Å². The van der Waals surface area contributed by atoms with Crippen molar-refractivity contribution in [3.8, 4) is 0 Å². The van der Waals surface area contributed by atoms with Gasteiger partial charge in [-0.1, -0.05) is 0 Å². The molecule has 0 aromatic heterocycles. The van der Waals surface area contributed by atoms with Gasteiger partial charge >= 0.3 is 6.09 Å². The monoisotopic (exact) mass is 324 g/mol. The van der Waals surface area contributed by atoms with Gasteiger partial charge in [0.25, 0.3) is 12.2 Å². The lowest BCUT2D eigenvalue weighted by molar-refractivity contribution is -0.145. The van der Waals surface area contributed by atoms with E-state index in [-0.39, 0.29) is 29.4 Å². The normalized spacial score (nSPS) is 37.0. The van der Waals surface area contributed by atoms with Crippen molar-refractivity contribution in [2.75, 3.05) is 20.1 Å². The summed E-state index contributed by atoms with van der Waals surface area (Å²) < 4.78 is 16.7. The Labute approximate surface area is 135 Å². The number of nitrogens with one attached hydrogen (secondary N) is 1. The fourth-order valence-electron chi connectivity index (χ4n) is 3.89. The maximum absolute atomic E-state index is 12.7. The Bertz CT molecular complexity index is 545. The van der Waals surface area contributed by atoms with Gasteiger partial charge in [0.05, 0.1) is 23.9 Å². The molecule has 0 radical (unpaired) electrons. The minimum absolute atomic E-state index is 0.00439. The van der Waals surface area contributed by atoms with Crippen LogP contribution < -0.4 is 5.32 Å². The molecule has 0 bridgehead atoms. The summed E-state index contributed by atoms with van der Waals surface area (Å²) in [7, 11) is 1.50. The minimum atomic E-state index is -0.731. The average molecular weight is 324 g/mol. The first-order valence-electron chi connectivity index (χ1n) is 8.17. The lowest BCUT2D eigenvalue weighted by Crippen LogP contribution is -2.46. The lowest BCUT2D eigenvalue weighted by Gasteiger charge is -2.37. The third-order valence-electron chi connectivity index (χ3n) is 5.29. The number of alkyl carbamates (subject to hydrolysis) is 1. The standard InChI is InChI=1S/C16H24N2O5/c1-5-18(6-2)13(19)10-8-21-14(22-15(20)17-4)12-9(10)7-11-16(12,3)23-11/h8-9,11-12,14H,5-7H2,1-4H3,(H,17,20)/t9-,11+,12+,14+,16+/m1/s1. The Morgan fingerprint density at radius 1 is 1.43 bits per heavy atom. The Hall–Kier alpha value is -1.76. The van der Waals surface area contributed by atoms with E-state index in [4.69, 9.17) is 14.2 Å². The molecule has 0 unspecified atom stereocenters. The number of hydrogen-bond donors (Lipinski definition) is 1. The molecule has 2 heterocycles. The van der Waals surface area contributed by atoms with Gasteiger partial charge in [0.2, 0.25) is 0 Å². The molecule has 7 heteroatoms. The zero-order valence-electron chi connectivity index (χ0n) is 14.0. The smallest absolute Gasteiger partial charge is 0.409 e. The molecule has 23 heavy (non-hydrogen) atoms. The van der Waals surface area contributed by atoms with Crippen LogP contribution in [-0.2, 0) is 19.0 Å². The van der Waals surface area contributed by atoms with Gasteiger partial charge in [-0.3, -0.25) is 4.79 Å². The van der Waals surface area contributed by atoms with Crippen LogP contribution in [0.4, 0.5) is 4.79 Å². The van der Waals surface area contributed by atoms with Crippen molar-refractivity contribution in [2.24, 2.45) is 11.8 Å². The molecule has 128 valence electrons. The third kappa shape index (κ3) is 2.47. The molecule has 5 atom stereocenters. The van der Waals surface area contributed by atoms with Gasteiger partial charge in [0.15, 0.2) is 0 Å². The summed E-state index contributed by atoms with van der Waals surface area (Å²) in [6.45, 7) is 7.21. The topological polar surface area (TPSA) is 80.4 Å². The fourth-order valence-corrected chi connectivity index (χ4v) is 3.89. The Morgan fingerprint density at radius 2 is 2.13 bits per heavy atom. The van der Waals surface area contributed by atoms with E-state index < -0.39 is 12.4 Å². The molecule has 0 aromatic carbocycles. The van der Waals surface area contributed by atoms with Crippen molar-refractivity contribution >= 4 is 12.0 Å². The number of likely N-dealkylation sites (N-methyl/N-ethyl adjacent to an activating group) is 1. The second-order valence-corrected chi connectivity index (χ2v) is 6.37. The predicted octanol–water partition coefficient (Wildman–Crippen LogP) is 1.24. The first-order valence-corrected chi connectivity index (χ1v) is 8.17. The van der Waals surface area contributed by atoms with Crippen LogP contribution in [0.1, 0.15) is 27.2 Å². The second kappa shape index (κ2) is 5.70. The minimum Gasteiger partial charge on any atom is -0.461 e. The van der Waals surface area contributed by atoms with Gasteiger partial charge < -0.3 is 24.4 Å². The van der Waals surface area contributed by atoms with Crippen molar-refractivity contribution < 1.29 is 23.8 Å². The zero-order valence-corrected chi connectivity index (χ0v) is 14.0. The fraction of sp³-hybridized carbons (Fsp3) is 0.750. The summed E-state index contributed by atoms with van der Waals surface area (Å²) in [6, 6.07) is 0. The van der Waals surface area contributed by atoms with Gasteiger partial charge in [0.1, 0.15) is 5.60 Å². The SMILES string of the molecule is CCN(CC)C(=O)C1=CO[C@@H](OC(=O)NC)[C@@H]2[C@@H]1C[C@@H]1O[C@]21C. The van der Waals surface area contributed by atoms with Crippen molar-refractivity contribution in [1.29, 1.82) is 0 Å². The van der Waals surface area contributed by atoms with Crippen molar-refractivity contribution in [1.82, 2.24) is 10.2 Å². The quantitative estimate of drug-likeness (QED) is 0.787. The Morgan fingerprint density at radius 3 is 2.74 bits per heavy atom. The van der Waals surface area contributed by atoms with Crippen molar-refractivity contribution in [3.63, 3.8) is 0 Å². The van der Waals surface area contributed by atoms with E-state index in [1.54, 1.807) is 4.90 Å². The van der Waals surface area contributed by atoms with E-state index in [1.165, 1.54) is 13.3 Å². The Balaban J connectivity index is 1.85. The number of fused-ring (bicyclic) bond motifs is 3. The maximum atomic E-state index is 12.7. The molecular weight excluding hydrogens is 300 g/mol. The molecule has 1 N–H and O–H groups in total. The van der Waals surface area contributed by atoms with Gasteiger partial charge in [-0.05, 0) is 27.2 Å². The molecule has 0 aromatic rings. The molecule has 1 saturated heterocycles. The maximum Gasteiger partial charge on any atom is 0.409 e. The summed E-state index contributed by atoms with van der Waals surface area (Å²) in [6.07, 6.45) is 1.06. The first kappa shape index (κ1) is 16.1. The average Bonchev–Trinajstić information content (AvgIpc) is 3.09. The van der Waals surface area contributed by atoms with Gasteiger partial charge in [-0.2, -0.15) is 0 Å². The highest BCUT2D eigenvalue weighted by Crippen LogP contribution is 2.61. The van der Waals surface area contributed by atoms with Crippen molar-refractivity contribution in [2.45, 2.75) is 45.2 Å². The van der Waals surface area contributed by atoms with Crippen LogP contribution in [0.2, 0.25) is 0 Å². The molecule has 7 nitrogen and oxygen atoms in total. The van der Waals surface area contributed by atoms with Gasteiger partial charge in [-0.15, -0.1) is 0 Å². The van der Waals surface area contributed by atoms with Crippen LogP contribution in [0, 0.1) is 11.8 Å². The van der Waals surface area contributed by atoms with Gasteiger partial charge in [0, 0.05) is 26.1 Å². The molecule has 1 aliphatic carbocycles. The summed E-state index contributed by atoms with van der Waals surface area (Å²) in [4.78, 5) is 26.1. The predicted molar refractivity (Wildman–Crippen MR) is 81.3 cm³/mol. The summed E-state index contributed by atoms with van der Waals surface area (Å²) in [5, 5.41) is 2.43. The highest BCUT2D eigenvalue weighted by molar-refractivity contribution is 5.94. The number of nitrogens with zero attached hydrogens (tertiary/aromatic N) is 1.